The maximum absolute atomic E-state index is 5.89. The summed E-state index contributed by atoms with van der Waals surface area (Å²) >= 11 is 1.63. The quantitative estimate of drug-likeness (QED) is 0.919. The van der Waals surface area contributed by atoms with E-state index >= 15 is 0 Å². The van der Waals surface area contributed by atoms with E-state index in [-0.39, 0.29) is 6.04 Å². The molecule has 2 rings (SSSR count). The Kier molecular flexibility index (Phi) is 3.99. The van der Waals surface area contributed by atoms with E-state index in [1.165, 1.54) is 0 Å². The Balaban J connectivity index is 2.07. The third kappa shape index (κ3) is 2.89. The normalized spacial score (nSPS) is 12.4. The summed E-state index contributed by atoms with van der Waals surface area (Å²) in [6.07, 6.45) is 0. The monoisotopic (exact) mass is 262 g/mol. The van der Waals surface area contributed by atoms with Gasteiger partial charge >= 0.3 is 0 Å². The van der Waals surface area contributed by atoms with E-state index in [1.54, 1.807) is 11.3 Å². The van der Waals surface area contributed by atoms with Crippen molar-refractivity contribution in [1.82, 2.24) is 4.98 Å². The van der Waals surface area contributed by atoms with Gasteiger partial charge in [0.1, 0.15) is 17.4 Å². The van der Waals surface area contributed by atoms with Crippen molar-refractivity contribution in [2.45, 2.75) is 33.4 Å². The van der Waals surface area contributed by atoms with E-state index in [1.807, 2.05) is 45.0 Å². The number of ether oxygens (including phenoxy) is 1. The predicted octanol–water partition coefficient (Wildman–Crippen LogP) is 3.36. The first kappa shape index (κ1) is 13.1. The third-order valence-corrected chi connectivity index (χ3v) is 4.07. The molecular formula is C14H18N2OS. The fourth-order valence-corrected chi connectivity index (χ4v) is 2.74. The van der Waals surface area contributed by atoms with Crippen LogP contribution in [0.5, 0.6) is 5.75 Å². The minimum absolute atomic E-state index is 0.0368. The smallest absolute Gasteiger partial charge is 0.140 e. The molecule has 2 aromatic rings. The van der Waals surface area contributed by atoms with Gasteiger partial charge in [0.25, 0.3) is 0 Å². The molecule has 3 nitrogen and oxygen atoms in total. The molecule has 0 aliphatic heterocycles. The molecule has 1 aromatic heterocycles. The van der Waals surface area contributed by atoms with Crippen molar-refractivity contribution in [2.24, 2.45) is 5.73 Å². The van der Waals surface area contributed by atoms with Crippen LogP contribution >= 0.6 is 11.3 Å². The molecule has 0 aliphatic rings. The summed E-state index contributed by atoms with van der Waals surface area (Å²) < 4.78 is 5.78. The molecule has 0 radical (unpaired) electrons. The zero-order chi connectivity index (χ0) is 13.1. The van der Waals surface area contributed by atoms with Crippen LogP contribution in [0.2, 0.25) is 0 Å². The lowest BCUT2D eigenvalue weighted by Crippen LogP contribution is -2.03. The molecule has 0 bridgehead atoms. The van der Waals surface area contributed by atoms with Crippen molar-refractivity contribution in [2.75, 3.05) is 0 Å². The molecule has 0 saturated carbocycles. The molecule has 2 N–H and O–H groups in total. The molecule has 0 fully saturated rings. The molecule has 1 aromatic carbocycles. The van der Waals surface area contributed by atoms with E-state index in [2.05, 4.69) is 4.98 Å². The highest BCUT2D eigenvalue weighted by Crippen LogP contribution is 2.25. The highest BCUT2D eigenvalue weighted by molar-refractivity contribution is 7.11. The van der Waals surface area contributed by atoms with Gasteiger partial charge in [0.05, 0.1) is 5.69 Å². The van der Waals surface area contributed by atoms with Crippen molar-refractivity contribution in [3.63, 3.8) is 0 Å². The Labute approximate surface area is 112 Å². The minimum Gasteiger partial charge on any atom is -0.486 e. The highest BCUT2D eigenvalue weighted by atomic mass is 32.1. The molecule has 0 spiro atoms. The molecule has 1 unspecified atom stereocenters. The Morgan fingerprint density at radius 2 is 2.06 bits per heavy atom. The standard InChI is InChI=1S/C14H18N2OS/c1-9-6-4-5-7-12(9)17-8-13-16-11(3)14(18-13)10(2)15/h4-7,10H,8,15H2,1-3H3. The number of benzene rings is 1. The highest BCUT2D eigenvalue weighted by Gasteiger charge is 2.11. The van der Waals surface area contributed by atoms with Crippen LogP contribution in [0.1, 0.15) is 34.1 Å². The van der Waals surface area contributed by atoms with Crippen molar-refractivity contribution in [1.29, 1.82) is 0 Å². The minimum atomic E-state index is 0.0368. The van der Waals surface area contributed by atoms with Gasteiger partial charge in [-0.25, -0.2) is 4.98 Å². The second-order valence-corrected chi connectivity index (χ2v) is 5.52. The largest absolute Gasteiger partial charge is 0.486 e. The number of nitrogens with zero attached hydrogens (tertiary/aromatic N) is 1. The zero-order valence-corrected chi connectivity index (χ0v) is 11.8. The Bertz CT molecular complexity index is 534. The summed E-state index contributed by atoms with van der Waals surface area (Å²) in [5.41, 5.74) is 8.04. The summed E-state index contributed by atoms with van der Waals surface area (Å²) in [6, 6.07) is 8.03. The van der Waals surface area contributed by atoms with Crippen molar-refractivity contribution >= 4 is 11.3 Å². The van der Waals surface area contributed by atoms with Crippen molar-refractivity contribution in [3.05, 3.63) is 45.4 Å². The van der Waals surface area contributed by atoms with E-state index in [9.17, 15) is 0 Å². The van der Waals surface area contributed by atoms with Crippen LogP contribution in [-0.4, -0.2) is 4.98 Å². The molecule has 0 amide bonds. The molecule has 1 atom stereocenters. The van der Waals surface area contributed by atoms with Gasteiger partial charge < -0.3 is 10.5 Å². The van der Waals surface area contributed by atoms with Gasteiger partial charge in [-0.05, 0) is 32.4 Å². The van der Waals surface area contributed by atoms with Crippen LogP contribution in [0.15, 0.2) is 24.3 Å². The molecule has 4 heteroatoms. The number of rotatable bonds is 4. The summed E-state index contributed by atoms with van der Waals surface area (Å²) in [6.45, 7) is 6.51. The molecule has 0 saturated heterocycles. The second-order valence-electron chi connectivity index (χ2n) is 4.40. The molecule has 96 valence electrons. The maximum atomic E-state index is 5.89. The lowest BCUT2D eigenvalue weighted by molar-refractivity contribution is 0.303. The lowest BCUT2D eigenvalue weighted by Gasteiger charge is -2.06. The number of para-hydroxylation sites is 1. The predicted molar refractivity (Wildman–Crippen MR) is 75.0 cm³/mol. The number of aryl methyl sites for hydroxylation is 2. The third-order valence-electron chi connectivity index (χ3n) is 2.74. The fourth-order valence-electron chi connectivity index (χ4n) is 1.81. The van der Waals surface area contributed by atoms with Gasteiger partial charge in [-0.2, -0.15) is 0 Å². The number of thiazole rings is 1. The molecule has 18 heavy (non-hydrogen) atoms. The van der Waals surface area contributed by atoms with E-state index < -0.39 is 0 Å². The van der Waals surface area contributed by atoms with E-state index in [0.29, 0.717) is 6.61 Å². The summed E-state index contributed by atoms with van der Waals surface area (Å²) in [4.78, 5) is 5.63. The number of hydrogen-bond donors (Lipinski definition) is 1. The molecular weight excluding hydrogens is 244 g/mol. The van der Waals surface area contributed by atoms with Crippen molar-refractivity contribution < 1.29 is 4.74 Å². The first-order valence-corrected chi connectivity index (χ1v) is 6.80. The summed E-state index contributed by atoms with van der Waals surface area (Å²) in [5, 5.41) is 0.975. The van der Waals surface area contributed by atoms with Gasteiger partial charge in [-0.3, -0.25) is 0 Å². The van der Waals surface area contributed by atoms with Gasteiger partial charge in [0, 0.05) is 10.9 Å². The van der Waals surface area contributed by atoms with Gasteiger partial charge in [0.2, 0.25) is 0 Å². The molecule has 1 heterocycles. The summed E-state index contributed by atoms with van der Waals surface area (Å²) in [5.74, 6) is 0.910. The topological polar surface area (TPSA) is 48.1 Å². The average molecular weight is 262 g/mol. The second kappa shape index (κ2) is 5.50. The Morgan fingerprint density at radius 1 is 1.33 bits per heavy atom. The number of nitrogens with two attached hydrogens (primary N) is 1. The van der Waals surface area contributed by atoms with Crippen LogP contribution in [0.3, 0.4) is 0 Å². The summed E-state index contributed by atoms with van der Waals surface area (Å²) in [7, 11) is 0. The fraction of sp³-hybridized carbons (Fsp3) is 0.357. The average Bonchev–Trinajstić information content (AvgIpc) is 2.70. The number of aromatic nitrogens is 1. The number of hydrogen-bond acceptors (Lipinski definition) is 4. The van der Waals surface area contributed by atoms with Crippen LogP contribution in [0.25, 0.3) is 0 Å². The Hall–Kier alpha value is -1.39. The van der Waals surface area contributed by atoms with Crippen LogP contribution in [-0.2, 0) is 6.61 Å². The first-order chi connectivity index (χ1) is 8.58. The lowest BCUT2D eigenvalue weighted by atomic mass is 10.2. The van der Waals surface area contributed by atoms with Gasteiger partial charge in [-0.1, -0.05) is 18.2 Å². The van der Waals surface area contributed by atoms with E-state index in [4.69, 9.17) is 10.5 Å². The molecule has 0 aliphatic carbocycles. The Morgan fingerprint density at radius 3 is 2.67 bits per heavy atom. The SMILES string of the molecule is Cc1ccccc1OCc1nc(C)c(C(C)N)s1. The van der Waals surface area contributed by atoms with Gasteiger partial charge in [0.15, 0.2) is 0 Å². The van der Waals surface area contributed by atoms with Gasteiger partial charge in [-0.15, -0.1) is 11.3 Å². The van der Waals surface area contributed by atoms with Crippen LogP contribution < -0.4 is 10.5 Å². The maximum Gasteiger partial charge on any atom is 0.140 e. The van der Waals surface area contributed by atoms with E-state index in [0.717, 1.165) is 26.9 Å². The first-order valence-electron chi connectivity index (χ1n) is 5.98. The van der Waals surface area contributed by atoms with Crippen molar-refractivity contribution in [3.8, 4) is 5.75 Å². The van der Waals surface area contributed by atoms with Crippen LogP contribution in [0, 0.1) is 13.8 Å². The zero-order valence-electron chi connectivity index (χ0n) is 10.9. The van der Waals surface area contributed by atoms with Crippen LogP contribution in [0.4, 0.5) is 0 Å².